The van der Waals surface area contributed by atoms with Crippen molar-refractivity contribution in [3.63, 3.8) is 0 Å². The van der Waals surface area contributed by atoms with E-state index in [4.69, 9.17) is 0 Å². The summed E-state index contributed by atoms with van der Waals surface area (Å²) >= 11 is 0. The monoisotopic (exact) mass is 379 g/mol. The van der Waals surface area contributed by atoms with Crippen molar-refractivity contribution < 1.29 is 22.9 Å². The Hall–Kier alpha value is -2.34. The van der Waals surface area contributed by atoms with Crippen LogP contribution in [0.5, 0.6) is 0 Å². The zero-order valence-corrected chi connectivity index (χ0v) is 15.6. The molecule has 0 aliphatic carbocycles. The predicted octanol–water partition coefficient (Wildman–Crippen LogP) is 3.03. The molecule has 0 saturated carbocycles. The molecule has 0 heterocycles. The third-order valence-corrected chi connectivity index (χ3v) is 4.73. The minimum atomic E-state index is -4.41. The molecular formula is C21H26F3N2O+. The van der Waals surface area contributed by atoms with Crippen molar-refractivity contribution in [1.29, 1.82) is 0 Å². The Morgan fingerprint density at radius 2 is 1.70 bits per heavy atom. The van der Waals surface area contributed by atoms with Crippen LogP contribution < -0.4 is 10.2 Å². The lowest BCUT2D eigenvalue weighted by Gasteiger charge is -2.27. The zero-order chi connectivity index (χ0) is 19.9. The average Bonchev–Trinajstić information content (AvgIpc) is 2.65. The van der Waals surface area contributed by atoms with E-state index in [0.717, 1.165) is 30.8 Å². The van der Waals surface area contributed by atoms with Gasteiger partial charge in [-0.25, -0.2) is 0 Å². The van der Waals surface area contributed by atoms with Gasteiger partial charge in [-0.15, -0.1) is 0 Å². The quantitative estimate of drug-likeness (QED) is 0.726. The molecule has 0 aromatic heterocycles. The van der Waals surface area contributed by atoms with Gasteiger partial charge in [0, 0.05) is 5.56 Å². The second-order valence-corrected chi connectivity index (χ2v) is 6.51. The first-order valence-corrected chi connectivity index (χ1v) is 9.17. The van der Waals surface area contributed by atoms with Crippen molar-refractivity contribution >= 4 is 5.91 Å². The number of hydrogen-bond donors (Lipinski definition) is 2. The third-order valence-electron chi connectivity index (χ3n) is 4.73. The Morgan fingerprint density at radius 3 is 2.30 bits per heavy atom. The molecule has 1 atom stereocenters. The highest BCUT2D eigenvalue weighted by atomic mass is 19.4. The molecule has 1 amide bonds. The second kappa shape index (κ2) is 9.55. The van der Waals surface area contributed by atoms with Gasteiger partial charge in [0.05, 0.1) is 31.6 Å². The van der Waals surface area contributed by atoms with Gasteiger partial charge in [0.1, 0.15) is 6.04 Å². The maximum atomic E-state index is 12.8. The molecule has 0 saturated heterocycles. The number of amides is 1. The Labute approximate surface area is 158 Å². The van der Waals surface area contributed by atoms with Crippen LogP contribution in [0.3, 0.4) is 0 Å². The third kappa shape index (κ3) is 6.10. The summed E-state index contributed by atoms with van der Waals surface area (Å²) in [5.74, 6) is -0.276. The van der Waals surface area contributed by atoms with Crippen LogP contribution in [0.1, 0.15) is 36.6 Å². The molecule has 6 heteroatoms. The Kier molecular flexibility index (Phi) is 7.42. The fraction of sp³-hybridized carbons (Fsp3) is 0.381. The highest BCUT2D eigenvalue weighted by Gasteiger charge is 2.30. The standard InChI is InChI=1S/C21H25F3N2O/c1-3-26(4-2)19(17-10-6-5-7-11-17)15-25-20(27)14-16-9-8-12-18(13-16)21(22,23)24/h5-13,19H,3-4,14-15H2,1-2H3,(H,25,27)/p+1/t19-/m0/s1. The van der Waals surface area contributed by atoms with Crippen LogP contribution in [0.2, 0.25) is 0 Å². The molecule has 0 bridgehead atoms. The summed E-state index contributed by atoms with van der Waals surface area (Å²) in [6.45, 7) is 6.47. The van der Waals surface area contributed by atoms with Crippen LogP contribution >= 0.6 is 0 Å². The number of halogens is 3. The first-order valence-electron chi connectivity index (χ1n) is 9.17. The first-order chi connectivity index (χ1) is 12.8. The van der Waals surface area contributed by atoms with Crippen LogP contribution in [0.15, 0.2) is 54.6 Å². The van der Waals surface area contributed by atoms with Gasteiger partial charge in [0.15, 0.2) is 0 Å². The van der Waals surface area contributed by atoms with Gasteiger partial charge < -0.3 is 10.2 Å². The predicted molar refractivity (Wildman–Crippen MR) is 99.4 cm³/mol. The summed E-state index contributed by atoms with van der Waals surface area (Å²) in [5, 5.41) is 2.90. The second-order valence-electron chi connectivity index (χ2n) is 6.51. The number of alkyl halides is 3. The summed E-state index contributed by atoms with van der Waals surface area (Å²) < 4.78 is 38.4. The van der Waals surface area contributed by atoms with Crippen LogP contribution in [-0.4, -0.2) is 25.5 Å². The highest BCUT2D eigenvalue weighted by molar-refractivity contribution is 5.78. The van der Waals surface area contributed by atoms with Gasteiger partial charge in [-0.05, 0) is 25.5 Å². The Balaban J connectivity index is 2.04. The summed E-state index contributed by atoms with van der Waals surface area (Å²) in [7, 11) is 0. The molecule has 2 aromatic rings. The van der Waals surface area contributed by atoms with E-state index in [9.17, 15) is 18.0 Å². The number of carbonyl (C=O) groups excluding carboxylic acids is 1. The van der Waals surface area contributed by atoms with Gasteiger partial charge in [0.25, 0.3) is 0 Å². The van der Waals surface area contributed by atoms with Gasteiger partial charge in [-0.1, -0.05) is 48.5 Å². The van der Waals surface area contributed by atoms with E-state index in [-0.39, 0.29) is 18.4 Å². The smallest absolute Gasteiger partial charge is 0.349 e. The number of quaternary nitrogens is 1. The lowest BCUT2D eigenvalue weighted by Crippen LogP contribution is -3.12. The fourth-order valence-electron chi connectivity index (χ4n) is 3.25. The highest BCUT2D eigenvalue weighted by Crippen LogP contribution is 2.29. The molecule has 3 nitrogen and oxygen atoms in total. The van der Waals surface area contributed by atoms with E-state index in [2.05, 4.69) is 19.2 Å². The summed E-state index contributed by atoms with van der Waals surface area (Å²) in [6.07, 6.45) is -4.48. The number of likely N-dealkylation sites (N-methyl/N-ethyl adjacent to an activating group) is 1. The summed E-state index contributed by atoms with van der Waals surface area (Å²) in [6, 6.07) is 15.0. The topological polar surface area (TPSA) is 33.5 Å². The Morgan fingerprint density at radius 1 is 1.04 bits per heavy atom. The number of carbonyl (C=O) groups is 1. The van der Waals surface area contributed by atoms with Crippen LogP contribution in [-0.2, 0) is 17.4 Å². The van der Waals surface area contributed by atoms with Crippen molar-refractivity contribution in [3.05, 3.63) is 71.3 Å². The van der Waals surface area contributed by atoms with Crippen molar-refractivity contribution in [2.45, 2.75) is 32.5 Å². The minimum absolute atomic E-state index is 0.0704. The molecule has 0 aliphatic heterocycles. The van der Waals surface area contributed by atoms with E-state index in [1.807, 2.05) is 30.3 Å². The van der Waals surface area contributed by atoms with E-state index in [0.29, 0.717) is 12.1 Å². The summed E-state index contributed by atoms with van der Waals surface area (Å²) in [4.78, 5) is 13.6. The number of benzene rings is 2. The van der Waals surface area contributed by atoms with E-state index in [1.54, 1.807) is 6.07 Å². The molecule has 146 valence electrons. The Bertz CT molecular complexity index is 728. The molecule has 27 heavy (non-hydrogen) atoms. The summed E-state index contributed by atoms with van der Waals surface area (Å²) in [5.41, 5.74) is 0.756. The van der Waals surface area contributed by atoms with Crippen LogP contribution in [0.25, 0.3) is 0 Å². The van der Waals surface area contributed by atoms with Crippen molar-refractivity contribution in [1.82, 2.24) is 5.32 Å². The number of hydrogen-bond acceptors (Lipinski definition) is 1. The number of rotatable bonds is 8. The first kappa shape index (κ1) is 21.0. The van der Waals surface area contributed by atoms with Gasteiger partial charge >= 0.3 is 6.18 Å². The molecule has 0 aliphatic rings. The van der Waals surface area contributed by atoms with Crippen LogP contribution in [0.4, 0.5) is 13.2 Å². The average molecular weight is 379 g/mol. The zero-order valence-electron chi connectivity index (χ0n) is 15.6. The SMILES string of the molecule is CC[NH+](CC)[C@@H](CNC(=O)Cc1cccc(C(F)(F)F)c1)c1ccccc1. The molecular weight excluding hydrogens is 353 g/mol. The minimum Gasteiger partial charge on any atom is -0.349 e. The maximum absolute atomic E-state index is 12.8. The van der Waals surface area contributed by atoms with E-state index < -0.39 is 11.7 Å². The molecule has 0 spiro atoms. The van der Waals surface area contributed by atoms with Gasteiger partial charge in [0.2, 0.25) is 5.91 Å². The van der Waals surface area contributed by atoms with Crippen molar-refractivity contribution in [3.8, 4) is 0 Å². The molecule has 0 fully saturated rings. The largest absolute Gasteiger partial charge is 0.416 e. The molecule has 2 aromatic carbocycles. The molecule has 0 radical (unpaired) electrons. The number of nitrogens with one attached hydrogen (secondary N) is 2. The molecule has 2 N–H and O–H groups in total. The van der Waals surface area contributed by atoms with Gasteiger partial charge in [-0.3, -0.25) is 4.79 Å². The maximum Gasteiger partial charge on any atom is 0.416 e. The molecule has 2 rings (SSSR count). The fourth-order valence-corrected chi connectivity index (χ4v) is 3.25. The normalized spacial score (nSPS) is 12.8. The van der Waals surface area contributed by atoms with E-state index in [1.165, 1.54) is 11.0 Å². The molecule has 0 unspecified atom stereocenters. The lowest BCUT2D eigenvalue weighted by molar-refractivity contribution is -0.927. The van der Waals surface area contributed by atoms with Gasteiger partial charge in [-0.2, -0.15) is 13.2 Å². The van der Waals surface area contributed by atoms with Crippen molar-refractivity contribution in [2.24, 2.45) is 0 Å². The lowest BCUT2D eigenvalue weighted by atomic mass is 10.0. The van der Waals surface area contributed by atoms with Crippen molar-refractivity contribution in [2.75, 3.05) is 19.6 Å². The van der Waals surface area contributed by atoms with Crippen LogP contribution in [0, 0.1) is 0 Å². The van der Waals surface area contributed by atoms with E-state index >= 15 is 0 Å².